The quantitative estimate of drug-likeness (QED) is 0.403. The minimum Gasteiger partial charge on any atom is -0.449 e. The SMILES string of the molecule is CC[C@H]1[C@@H](O)[C@@H]2[C@H](CC[C@]3(C)[C@@H]([C@H](C)COC(=O)NS(=O)(=O)c4ccc(C)cc4)CC[C@@H]23)[C@@]2(C)CC[C@@H](O)C[C@@H]12. The fourth-order valence-electron chi connectivity index (χ4n) is 10.2. The second-order valence-electron chi connectivity index (χ2n) is 14.1. The number of fused-ring (bicyclic) bond motifs is 5. The monoisotopic (exact) mass is 575 g/mol. The zero-order chi connectivity index (χ0) is 29.0. The Morgan fingerprint density at radius 2 is 1.68 bits per heavy atom. The van der Waals surface area contributed by atoms with Crippen LogP contribution in [0.2, 0.25) is 0 Å². The lowest BCUT2D eigenvalue weighted by Crippen LogP contribution is -2.62. The average Bonchev–Trinajstić information content (AvgIpc) is 3.26. The standard InChI is InChI=1S/C32H49NO6S/c1-6-23-27-17-21(34)13-15-32(27,5)26-14-16-31(4)24(11-12-25(31)28(26)29(23)35)20(3)18-39-30(36)33-40(37,38)22-9-7-19(2)8-10-22/h7-10,20-21,23-29,34-35H,6,11-18H2,1-5H3,(H,33,36)/t20-,21-,23-,24-,25+,26+,27+,28+,29-,31-,32-/m1/s1. The topological polar surface area (TPSA) is 113 Å². The third kappa shape index (κ3) is 5.00. The molecule has 1 aromatic rings. The van der Waals surface area contributed by atoms with E-state index in [1.165, 1.54) is 12.1 Å². The predicted octanol–water partition coefficient (Wildman–Crippen LogP) is 5.67. The van der Waals surface area contributed by atoms with Gasteiger partial charge in [0.1, 0.15) is 0 Å². The van der Waals surface area contributed by atoms with Crippen molar-refractivity contribution in [2.45, 2.75) is 103 Å². The molecule has 0 aromatic heterocycles. The Hall–Kier alpha value is -1.64. The molecule has 0 radical (unpaired) electrons. The Kier molecular flexibility index (Phi) is 8.12. The molecule has 224 valence electrons. The van der Waals surface area contributed by atoms with E-state index in [1.807, 2.05) is 6.92 Å². The number of amides is 1. The van der Waals surface area contributed by atoms with Crippen molar-refractivity contribution in [2.24, 2.45) is 52.3 Å². The Morgan fingerprint density at radius 3 is 2.35 bits per heavy atom. The molecule has 1 amide bonds. The van der Waals surface area contributed by atoms with Crippen molar-refractivity contribution in [3.63, 3.8) is 0 Å². The van der Waals surface area contributed by atoms with Crippen LogP contribution in [-0.2, 0) is 14.8 Å². The van der Waals surface area contributed by atoms with Crippen LogP contribution < -0.4 is 4.72 Å². The van der Waals surface area contributed by atoms with Crippen LogP contribution >= 0.6 is 0 Å². The molecule has 8 heteroatoms. The Labute approximate surface area is 240 Å². The fourth-order valence-corrected chi connectivity index (χ4v) is 11.1. The van der Waals surface area contributed by atoms with E-state index in [4.69, 9.17) is 4.74 Å². The van der Waals surface area contributed by atoms with E-state index in [9.17, 15) is 23.4 Å². The van der Waals surface area contributed by atoms with Gasteiger partial charge in [0.05, 0.1) is 23.7 Å². The highest BCUT2D eigenvalue weighted by Gasteiger charge is 2.64. The molecule has 1 aromatic carbocycles. The summed E-state index contributed by atoms with van der Waals surface area (Å²) >= 11 is 0. The van der Waals surface area contributed by atoms with Gasteiger partial charge in [-0.05, 0) is 116 Å². The summed E-state index contributed by atoms with van der Waals surface area (Å²) in [5, 5.41) is 22.4. The lowest BCUT2D eigenvalue weighted by atomic mass is 9.41. The highest BCUT2D eigenvalue weighted by atomic mass is 32.2. The van der Waals surface area contributed by atoms with Gasteiger partial charge in [0.15, 0.2) is 0 Å². The van der Waals surface area contributed by atoms with E-state index in [1.54, 1.807) is 12.1 Å². The summed E-state index contributed by atoms with van der Waals surface area (Å²) in [5.74, 6) is 2.18. The number of nitrogens with one attached hydrogen (secondary N) is 1. The molecule has 11 atom stereocenters. The van der Waals surface area contributed by atoms with Crippen molar-refractivity contribution in [3.05, 3.63) is 29.8 Å². The van der Waals surface area contributed by atoms with E-state index >= 15 is 0 Å². The molecule has 0 bridgehead atoms. The third-order valence-corrected chi connectivity index (χ3v) is 13.5. The molecule has 4 fully saturated rings. The predicted molar refractivity (Wildman–Crippen MR) is 154 cm³/mol. The van der Waals surface area contributed by atoms with E-state index in [0.717, 1.165) is 56.9 Å². The van der Waals surface area contributed by atoms with Crippen LogP contribution in [-0.4, -0.2) is 43.5 Å². The number of carbonyl (C=O) groups excluding carboxylic acids is 1. The normalized spacial score (nSPS) is 41.8. The van der Waals surface area contributed by atoms with Crippen LogP contribution in [0.5, 0.6) is 0 Å². The molecular weight excluding hydrogens is 526 g/mol. The van der Waals surface area contributed by atoms with Crippen LogP contribution in [0.4, 0.5) is 4.79 Å². The van der Waals surface area contributed by atoms with Crippen LogP contribution in [0.3, 0.4) is 0 Å². The van der Waals surface area contributed by atoms with Gasteiger partial charge in [0.2, 0.25) is 0 Å². The van der Waals surface area contributed by atoms with Gasteiger partial charge in [-0.2, -0.15) is 0 Å². The van der Waals surface area contributed by atoms with E-state index < -0.39 is 16.1 Å². The van der Waals surface area contributed by atoms with Crippen LogP contribution in [0, 0.1) is 59.2 Å². The number of aliphatic hydroxyl groups excluding tert-OH is 2. The maximum absolute atomic E-state index is 12.6. The Bertz CT molecular complexity index is 1190. The average molecular weight is 576 g/mol. The van der Waals surface area contributed by atoms with Gasteiger partial charge in [-0.25, -0.2) is 17.9 Å². The molecule has 7 nitrogen and oxygen atoms in total. The minimum atomic E-state index is -3.99. The molecular formula is C32H49NO6S. The van der Waals surface area contributed by atoms with Crippen LogP contribution in [0.1, 0.15) is 84.6 Å². The summed E-state index contributed by atoms with van der Waals surface area (Å²) in [4.78, 5) is 12.5. The van der Waals surface area contributed by atoms with Crippen molar-refractivity contribution in [1.82, 2.24) is 4.72 Å². The summed E-state index contributed by atoms with van der Waals surface area (Å²) in [6, 6.07) is 6.34. The van der Waals surface area contributed by atoms with Crippen LogP contribution in [0.15, 0.2) is 29.2 Å². The molecule has 40 heavy (non-hydrogen) atoms. The molecule has 0 heterocycles. The van der Waals surface area contributed by atoms with E-state index in [-0.39, 0.29) is 52.3 Å². The van der Waals surface area contributed by atoms with E-state index in [0.29, 0.717) is 23.7 Å². The first-order valence-electron chi connectivity index (χ1n) is 15.4. The van der Waals surface area contributed by atoms with Gasteiger partial charge in [0.25, 0.3) is 10.0 Å². The van der Waals surface area contributed by atoms with Crippen molar-refractivity contribution >= 4 is 16.1 Å². The number of rotatable bonds is 6. The van der Waals surface area contributed by atoms with E-state index in [2.05, 4.69) is 32.4 Å². The second-order valence-corrected chi connectivity index (χ2v) is 15.8. The second kappa shape index (κ2) is 10.9. The van der Waals surface area contributed by atoms with Crippen LogP contribution in [0.25, 0.3) is 0 Å². The van der Waals surface area contributed by atoms with Crippen molar-refractivity contribution < 1.29 is 28.2 Å². The third-order valence-electron chi connectivity index (χ3n) is 12.2. The largest absolute Gasteiger partial charge is 0.449 e. The van der Waals surface area contributed by atoms with Gasteiger partial charge in [-0.1, -0.05) is 51.8 Å². The molecule has 4 aliphatic carbocycles. The maximum atomic E-state index is 12.6. The fraction of sp³-hybridized carbons (Fsp3) is 0.781. The number of ether oxygens (including phenoxy) is 1. The molecule has 5 rings (SSSR count). The molecule has 0 unspecified atom stereocenters. The van der Waals surface area contributed by atoms with Gasteiger partial charge in [-0.3, -0.25) is 0 Å². The summed E-state index contributed by atoms with van der Waals surface area (Å²) in [6.07, 6.45) is 6.41. The number of aliphatic hydroxyl groups is 2. The molecule has 0 spiro atoms. The van der Waals surface area contributed by atoms with Gasteiger partial charge < -0.3 is 14.9 Å². The highest BCUT2D eigenvalue weighted by molar-refractivity contribution is 7.90. The van der Waals surface area contributed by atoms with Crippen molar-refractivity contribution in [1.29, 1.82) is 0 Å². The molecule has 0 saturated heterocycles. The molecule has 3 N–H and O–H groups in total. The maximum Gasteiger partial charge on any atom is 0.421 e. The zero-order valence-electron chi connectivity index (χ0n) is 24.8. The van der Waals surface area contributed by atoms with Gasteiger partial charge in [0, 0.05) is 0 Å². The minimum absolute atomic E-state index is 0.0332. The number of aryl methyl sites for hydroxylation is 1. The summed E-state index contributed by atoms with van der Waals surface area (Å²) in [7, 11) is -3.99. The smallest absolute Gasteiger partial charge is 0.421 e. The summed E-state index contributed by atoms with van der Waals surface area (Å²) < 4.78 is 32.7. The zero-order valence-corrected chi connectivity index (χ0v) is 25.6. The van der Waals surface area contributed by atoms with Crippen molar-refractivity contribution in [3.8, 4) is 0 Å². The number of benzene rings is 1. The highest BCUT2D eigenvalue weighted by Crippen LogP contribution is 2.69. The number of hydrogen-bond donors (Lipinski definition) is 3. The molecule has 0 aliphatic heterocycles. The lowest BCUT2D eigenvalue weighted by molar-refractivity contribution is -0.203. The first-order chi connectivity index (χ1) is 18.8. The number of carbonyl (C=O) groups is 1. The molecule has 4 aliphatic rings. The molecule has 4 saturated carbocycles. The number of sulfonamides is 1. The first kappa shape index (κ1) is 29.8. The summed E-state index contributed by atoms with van der Waals surface area (Å²) in [5.41, 5.74) is 1.15. The first-order valence-corrected chi connectivity index (χ1v) is 16.9. The number of hydrogen-bond acceptors (Lipinski definition) is 6. The Balaban J connectivity index is 1.26. The van der Waals surface area contributed by atoms with Gasteiger partial charge >= 0.3 is 6.09 Å². The van der Waals surface area contributed by atoms with Crippen molar-refractivity contribution in [2.75, 3.05) is 6.61 Å². The van der Waals surface area contributed by atoms with Gasteiger partial charge in [-0.15, -0.1) is 0 Å². The Morgan fingerprint density at radius 1 is 1.02 bits per heavy atom. The summed E-state index contributed by atoms with van der Waals surface area (Å²) in [6.45, 7) is 11.2. The lowest BCUT2D eigenvalue weighted by Gasteiger charge is -2.64.